The topological polar surface area (TPSA) is 71.0 Å². The van der Waals surface area contributed by atoms with Crippen molar-refractivity contribution in [3.8, 4) is 5.75 Å². The van der Waals surface area contributed by atoms with E-state index < -0.39 is 22.9 Å². The van der Waals surface area contributed by atoms with Gasteiger partial charge in [0.05, 0.1) is 18.5 Å². The Kier molecular flexibility index (Phi) is 6.30. The van der Waals surface area contributed by atoms with E-state index in [1.807, 2.05) is 25.1 Å². The molecule has 2 amide bonds. The van der Waals surface area contributed by atoms with E-state index in [0.29, 0.717) is 23.1 Å². The molecule has 2 aromatic carbocycles. The fourth-order valence-electron chi connectivity index (χ4n) is 2.83. The highest BCUT2D eigenvalue weighted by Crippen LogP contribution is 2.33. The third-order valence-corrected chi connectivity index (χ3v) is 5.21. The van der Waals surface area contributed by atoms with Crippen molar-refractivity contribution in [2.45, 2.75) is 18.6 Å². The third kappa shape index (κ3) is 4.17. The maximum absolute atomic E-state index is 14.1. The summed E-state index contributed by atoms with van der Waals surface area (Å²) in [6.45, 7) is 2.37. The summed E-state index contributed by atoms with van der Waals surface area (Å²) >= 11 is 1.16. The second-order valence-electron chi connectivity index (χ2n) is 5.93. The zero-order chi connectivity index (χ0) is 20.1. The molecule has 1 N–H and O–H groups in total. The second-order valence-corrected chi connectivity index (χ2v) is 7.13. The van der Waals surface area contributed by atoms with E-state index in [0.717, 1.165) is 16.7 Å². The molecule has 0 radical (unpaired) electrons. The van der Waals surface area contributed by atoms with Crippen molar-refractivity contribution in [3.05, 3.63) is 54.3 Å². The first-order chi connectivity index (χ1) is 13.5. The van der Waals surface area contributed by atoms with E-state index in [9.17, 15) is 14.0 Å². The van der Waals surface area contributed by atoms with Crippen LogP contribution in [0.1, 0.15) is 13.3 Å². The Balaban J connectivity index is 1.79. The van der Waals surface area contributed by atoms with Crippen LogP contribution >= 0.6 is 11.8 Å². The number of methoxy groups -OCH3 is 1. The quantitative estimate of drug-likeness (QED) is 0.470. The lowest BCUT2D eigenvalue weighted by Gasteiger charge is -2.17. The van der Waals surface area contributed by atoms with Crippen molar-refractivity contribution in [3.63, 3.8) is 0 Å². The fraction of sp³-hybridized carbons (Fsp3) is 0.250. The van der Waals surface area contributed by atoms with Crippen LogP contribution in [0.4, 0.5) is 15.8 Å². The Morgan fingerprint density at radius 1 is 1.25 bits per heavy atom. The molecule has 28 heavy (non-hydrogen) atoms. The van der Waals surface area contributed by atoms with Crippen molar-refractivity contribution < 1.29 is 18.7 Å². The summed E-state index contributed by atoms with van der Waals surface area (Å²) in [5.74, 6) is -0.857. The van der Waals surface area contributed by atoms with Crippen LogP contribution in [-0.2, 0) is 9.59 Å². The molecule has 8 heteroatoms. The molecule has 1 aliphatic rings. The van der Waals surface area contributed by atoms with Gasteiger partial charge in [0, 0.05) is 13.0 Å². The van der Waals surface area contributed by atoms with Crippen molar-refractivity contribution in [2.75, 3.05) is 23.9 Å². The molecule has 1 saturated heterocycles. The van der Waals surface area contributed by atoms with E-state index in [-0.39, 0.29) is 12.1 Å². The minimum Gasteiger partial charge on any atom is -0.495 e. The molecule has 1 atom stereocenters. The highest BCUT2D eigenvalue weighted by molar-refractivity contribution is 8.15. The number of amidine groups is 1. The minimum atomic E-state index is -0.681. The van der Waals surface area contributed by atoms with Crippen molar-refractivity contribution in [1.82, 2.24) is 0 Å². The highest BCUT2D eigenvalue weighted by atomic mass is 32.2. The molecule has 0 saturated carbocycles. The Labute approximate surface area is 166 Å². The minimum absolute atomic E-state index is 0.0197. The summed E-state index contributed by atoms with van der Waals surface area (Å²) in [6.07, 6.45) is -0.0197. The molecule has 2 aromatic rings. The van der Waals surface area contributed by atoms with Crippen LogP contribution in [0.2, 0.25) is 0 Å². The van der Waals surface area contributed by atoms with Gasteiger partial charge in [0.25, 0.3) is 0 Å². The predicted octanol–water partition coefficient (Wildman–Crippen LogP) is 3.69. The van der Waals surface area contributed by atoms with Crippen LogP contribution in [0.15, 0.2) is 53.5 Å². The number of carbonyl (C=O) groups is 2. The molecule has 146 valence electrons. The number of nitrogens with zero attached hydrogens (tertiary/aromatic N) is 2. The van der Waals surface area contributed by atoms with Gasteiger partial charge in [-0.25, -0.2) is 9.29 Å². The normalized spacial score (nSPS) is 17.2. The van der Waals surface area contributed by atoms with Gasteiger partial charge < -0.3 is 10.1 Å². The van der Waals surface area contributed by atoms with Gasteiger partial charge in [-0.15, -0.1) is 0 Å². The monoisotopic (exact) mass is 401 g/mol. The first-order valence-corrected chi connectivity index (χ1v) is 9.65. The van der Waals surface area contributed by atoms with E-state index >= 15 is 0 Å². The van der Waals surface area contributed by atoms with Gasteiger partial charge in [-0.1, -0.05) is 36.0 Å². The number of aliphatic imine (C=N–C) groups is 1. The Morgan fingerprint density at radius 3 is 2.68 bits per heavy atom. The predicted molar refractivity (Wildman–Crippen MR) is 109 cm³/mol. The zero-order valence-electron chi connectivity index (χ0n) is 15.5. The number of amides is 2. The lowest BCUT2D eigenvalue weighted by Crippen LogP contribution is -2.32. The average Bonchev–Trinajstić information content (AvgIpc) is 2.96. The molecular formula is C20H20FN3O3S. The highest BCUT2D eigenvalue weighted by Gasteiger charge is 2.41. The lowest BCUT2D eigenvalue weighted by atomic mass is 10.3. The molecule has 1 fully saturated rings. The number of anilines is 2. The number of halogens is 1. The molecule has 1 aliphatic heterocycles. The Hall–Kier alpha value is -2.87. The largest absolute Gasteiger partial charge is 0.495 e. The van der Waals surface area contributed by atoms with Crippen molar-refractivity contribution >= 4 is 40.1 Å². The molecule has 3 rings (SSSR count). The molecule has 0 spiro atoms. The van der Waals surface area contributed by atoms with Gasteiger partial charge in [-0.3, -0.25) is 14.6 Å². The molecule has 0 aromatic heterocycles. The van der Waals surface area contributed by atoms with Gasteiger partial charge in [-0.2, -0.15) is 0 Å². The number of imide groups is 1. The number of rotatable bonds is 5. The molecule has 0 bridgehead atoms. The standard InChI is InChI=1S/C20H20FN3O3S/c1-3-22-20(23-14-9-5-7-11-16(14)27-2)28-17-12-18(25)24(19(17)26)15-10-6-4-8-13(15)21/h4-11,17H,3,12H2,1-2H3,(H,22,23)/t17-/m1/s1. The van der Waals surface area contributed by atoms with E-state index in [1.54, 1.807) is 19.2 Å². The number of thioether (sulfide) groups is 1. The maximum atomic E-state index is 14.1. The number of ether oxygens (including phenoxy) is 1. The fourth-order valence-corrected chi connectivity index (χ4v) is 3.90. The van der Waals surface area contributed by atoms with Crippen LogP contribution in [-0.4, -0.2) is 35.9 Å². The number of carbonyl (C=O) groups excluding carboxylic acids is 2. The number of hydrogen-bond acceptors (Lipinski definition) is 5. The lowest BCUT2D eigenvalue weighted by molar-refractivity contribution is -0.121. The van der Waals surface area contributed by atoms with Crippen molar-refractivity contribution in [1.29, 1.82) is 0 Å². The first-order valence-electron chi connectivity index (χ1n) is 8.77. The summed E-state index contributed by atoms with van der Waals surface area (Å²) in [7, 11) is 1.57. The summed E-state index contributed by atoms with van der Waals surface area (Å²) in [6, 6.07) is 13.1. The van der Waals surface area contributed by atoms with Crippen LogP contribution in [0.5, 0.6) is 5.75 Å². The van der Waals surface area contributed by atoms with Gasteiger partial charge in [-0.05, 0) is 31.2 Å². The SMILES string of the molecule is CCN=C(Nc1ccccc1OC)S[C@@H]1CC(=O)N(c2ccccc2F)C1=O. The van der Waals surface area contributed by atoms with E-state index in [1.165, 1.54) is 18.2 Å². The second kappa shape index (κ2) is 8.88. The van der Waals surface area contributed by atoms with Gasteiger partial charge in [0.2, 0.25) is 11.8 Å². The maximum Gasteiger partial charge on any atom is 0.247 e. The molecule has 0 aliphatic carbocycles. The van der Waals surface area contributed by atoms with Crippen molar-refractivity contribution in [2.24, 2.45) is 4.99 Å². The summed E-state index contributed by atoms with van der Waals surface area (Å²) in [5, 5.41) is 2.97. The number of hydrogen-bond donors (Lipinski definition) is 1. The van der Waals surface area contributed by atoms with Gasteiger partial charge in [0.1, 0.15) is 16.8 Å². The molecular weight excluding hydrogens is 381 g/mol. The van der Waals surface area contributed by atoms with Gasteiger partial charge >= 0.3 is 0 Å². The van der Waals surface area contributed by atoms with E-state index in [4.69, 9.17) is 4.74 Å². The van der Waals surface area contributed by atoms with E-state index in [2.05, 4.69) is 10.3 Å². The molecule has 0 unspecified atom stereocenters. The van der Waals surface area contributed by atoms with Crippen LogP contribution < -0.4 is 15.0 Å². The smallest absolute Gasteiger partial charge is 0.247 e. The summed E-state index contributed by atoms with van der Waals surface area (Å²) < 4.78 is 19.4. The molecule has 6 nitrogen and oxygen atoms in total. The number of nitrogens with one attached hydrogen (secondary N) is 1. The average molecular weight is 401 g/mol. The number of para-hydroxylation sites is 3. The first kappa shape index (κ1) is 19.9. The van der Waals surface area contributed by atoms with Gasteiger partial charge in [0.15, 0.2) is 5.17 Å². The summed E-state index contributed by atoms with van der Waals surface area (Å²) in [4.78, 5) is 30.5. The van der Waals surface area contributed by atoms with Crippen LogP contribution in [0, 0.1) is 5.82 Å². The zero-order valence-corrected chi connectivity index (χ0v) is 16.3. The third-order valence-electron chi connectivity index (χ3n) is 4.10. The van der Waals surface area contributed by atoms with Crippen LogP contribution in [0.3, 0.4) is 0 Å². The molecule has 1 heterocycles. The Morgan fingerprint density at radius 2 is 1.96 bits per heavy atom. The van der Waals surface area contributed by atoms with Crippen LogP contribution in [0.25, 0.3) is 0 Å². The Bertz CT molecular complexity index is 919. The number of benzene rings is 2. The summed E-state index contributed by atoms with van der Waals surface area (Å²) in [5.41, 5.74) is 0.680.